The van der Waals surface area contributed by atoms with Crippen LogP contribution >= 0.6 is 0 Å². The monoisotopic (exact) mass is 230 g/mol. The molecule has 0 spiro atoms. The van der Waals surface area contributed by atoms with Gasteiger partial charge in [-0.3, -0.25) is 4.79 Å². The summed E-state index contributed by atoms with van der Waals surface area (Å²) < 4.78 is 11.0. The van der Waals surface area contributed by atoms with Gasteiger partial charge in [0.25, 0.3) is 0 Å². The summed E-state index contributed by atoms with van der Waals surface area (Å²) in [5.41, 5.74) is 0. The first kappa shape index (κ1) is 13.5. The second-order valence-corrected chi connectivity index (χ2v) is 4.37. The Labute approximate surface area is 96.9 Å². The van der Waals surface area contributed by atoms with Gasteiger partial charge in [0.1, 0.15) is 0 Å². The summed E-state index contributed by atoms with van der Waals surface area (Å²) in [6.07, 6.45) is 6.83. The van der Waals surface area contributed by atoms with E-state index in [1.807, 2.05) is 0 Å². The Kier molecular flexibility index (Phi) is 6.42. The summed E-state index contributed by atoms with van der Waals surface area (Å²) >= 11 is 0. The molecule has 0 radical (unpaired) electrons. The van der Waals surface area contributed by atoms with E-state index in [2.05, 4.69) is 0 Å². The molecule has 1 rings (SSSR count). The van der Waals surface area contributed by atoms with Crippen LogP contribution in [0.25, 0.3) is 0 Å². The zero-order valence-corrected chi connectivity index (χ0v) is 9.98. The zero-order chi connectivity index (χ0) is 11.8. The lowest BCUT2D eigenvalue weighted by molar-refractivity contribution is -0.137. The Morgan fingerprint density at radius 3 is 2.75 bits per heavy atom. The number of carboxylic acids is 1. The average Bonchev–Trinajstić information content (AvgIpc) is 2.28. The van der Waals surface area contributed by atoms with Crippen molar-refractivity contribution in [1.29, 1.82) is 0 Å². The quantitative estimate of drug-likeness (QED) is 0.681. The number of carbonyl (C=O) groups is 1. The molecule has 0 aromatic rings. The number of ether oxygens (including phenoxy) is 2. The highest BCUT2D eigenvalue weighted by Crippen LogP contribution is 2.23. The van der Waals surface area contributed by atoms with Crippen molar-refractivity contribution >= 4 is 5.97 Å². The van der Waals surface area contributed by atoms with Crippen LogP contribution in [0.3, 0.4) is 0 Å². The fourth-order valence-corrected chi connectivity index (χ4v) is 2.10. The van der Waals surface area contributed by atoms with E-state index < -0.39 is 5.97 Å². The molecule has 0 amide bonds. The van der Waals surface area contributed by atoms with Crippen LogP contribution in [-0.4, -0.2) is 37.0 Å². The number of rotatable bonds is 7. The van der Waals surface area contributed by atoms with E-state index in [1.54, 1.807) is 7.11 Å². The van der Waals surface area contributed by atoms with Gasteiger partial charge in [-0.05, 0) is 38.5 Å². The topological polar surface area (TPSA) is 55.8 Å². The van der Waals surface area contributed by atoms with E-state index in [-0.39, 0.29) is 6.42 Å². The number of carboxylic acid groups (broad SMARTS) is 1. The molecule has 1 aliphatic rings. The zero-order valence-electron chi connectivity index (χ0n) is 9.98. The minimum atomic E-state index is -0.725. The van der Waals surface area contributed by atoms with E-state index in [0.717, 1.165) is 32.1 Å². The Morgan fingerprint density at radius 2 is 2.06 bits per heavy atom. The molecule has 1 fully saturated rings. The normalized spacial score (nSPS) is 25.6. The third kappa shape index (κ3) is 5.47. The molecule has 0 aliphatic heterocycles. The molecule has 1 aliphatic carbocycles. The number of methoxy groups -OCH3 is 1. The molecular weight excluding hydrogens is 208 g/mol. The molecule has 0 bridgehead atoms. The Balaban J connectivity index is 2.01. The summed E-state index contributed by atoms with van der Waals surface area (Å²) in [6, 6.07) is 0. The third-order valence-corrected chi connectivity index (χ3v) is 3.05. The molecule has 94 valence electrons. The van der Waals surface area contributed by atoms with Crippen molar-refractivity contribution in [2.45, 2.75) is 57.2 Å². The summed E-state index contributed by atoms with van der Waals surface area (Å²) in [5.74, 6) is -0.725. The Bertz CT molecular complexity index is 205. The number of hydrogen-bond acceptors (Lipinski definition) is 3. The van der Waals surface area contributed by atoms with Crippen molar-refractivity contribution in [3.8, 4) is 0 Å². The van der Waals surface area contributed by atoms with Crippen LogP contribution in [0.15, 0.2) is 0 Å². The lowest BCUT2D eigenvalue weighted by Crippen LogP contribution is -2.27. The molecule has 1 saturated carbocycles. The fraction of sp³-hybridized carbons (Fsp3) is 0.917. The van der Waals surface area contributed by atoms with E-state index >= 15 is 0 Å². The van der Waals surface area contributed by atoms with Gasteiger partial charge in [-0.1, -0.05) is 0 Å². The van der Waals surface area contributed by atoms with E-state index in [4.69, 9.17) is 14.6 Å². The Morgan fingerprint density at radius 1 is 1.31 bits per heavy atom. The minimum Gasteiger partial charge on any atom is -0.481 e. The van der Waals surface area contributed by atoms with Gasteiger partial charge in [-0.15, -0.1) is 0 Å². The van der Waals surface area contributed by atoms with Crippen LogP contribution in [-0.2, 0) is 14.3 Å². The van der Waals surface area contributed by atoms with Crippen molar-refractivity contribution in [3.63, 3.8) is 0 Å². The highest BCUT2D eigenvalue weighted by Gasteiger charge is 2.21. The summed E-state index contributed by atoms with van der Waals surface area (Å²) in [4.78, 5) is 10.3. The van der Waals surface area contributed by atoms with E-state index in [9.17, 15) is 4.79 Å². The van der Waals surface area contributed by atoms with Crippen LogP contribution in [0.4, 0.5) is 0 Å². The fourth-order valence-electron chi connectivity index (χ4n) is 2.10. The van der Waals surface area contributed by atoms with Crippen LogP contribution in [0.2, 0.25) is 0 Å². The summed E-state index contributed by atoms with van der Waals surface area (Å²) in [6.45, 7) is 0.675. The van der Waals surface area contributed by atoms with Gasteiger partial charge in [0.05, 0.1) is 12.2 Å². The molecule has 0 aromatic carbocycles. The average molecular weight is 230 g/mol. The maximum absolute atomic E-state index is 10.3. The summed E-state index contributed by atoms with van der Waals surface area (Å²) in [5, 5.41) is 8.47. The Hall–Kier alpha value is -0.610. The first-order valence-corrected chi connectivity index (χ1v) is 6.08. The minimum absolute atomic E-state index is 0.245. The van der Waals surface area contributed by atoms with Gasteiger partial charge in [-0.2, -0.15) is 0 Å². The van der Waals surface area contributed by atoms with Gasteiger partial charge < -0.3 is 14.6 Å². The smallest absolute Gasteiger partial charge is 0.303 e. The second-order valence-electron chi connectivity index (χ2n) is 4.37. The highest BCUT2D eigenvalue weighted by atomic mass is 16.5. The van der Waals surface area contributed by atoms with Gasteiger partial charge >= 0.3 is 5.97 Å². The van der Waals surface area contributed by atoms with Gasteiger partial charge in [-0.25, -0.2) is 0 Å². The van der Waals surface area contributed by atoms with Crippen LogP contribution in [0, 0.1) is 0 Å². The van der Waals surface area contributed by atoms with Crippen LogP contribution in [0.5, 0.6) is 0 Å². The predicted octanol–water partition coefficient (Wildman–Crippen LogP) is 2.22. The number of unbranched alkanes of at least 4 members (excludes halogenated alkanes) is 1. The second kappa shape index (κ2) is 7.63. The van der Waals surface area contributed by atoms with Gasteiger partial charge in [0, 0.05) is 20.1 Å². The lowest BCUT2D eigenvalue weighted by Gasteiger charge is -2.28. The standard InChI is InChI=1S/C12H22O4/c1-15-10-5-4-6-11(9-10)16-8-3-2-7-12(13)14/h10-11H,2-9H2,1H3,(H,13,14). The summed E-state index contributed by atoms with van der Waals surface area (Å²) in [7, 11) is 1.75. The van der Waals surface area contributed by atoms with Crippen molar-refractivity contribution in [2.75, 3.05) is 13.7 Å². The SMILES string of the molecule is COC1CCCC(OCCCCC(=O)O)C1. The van der Waals surface area contributed by atoms with Crippen LogP contribution in [0.1, 0.15) is 44.9 Å². The van der Waals surface area contributed by atoms with Gasteiger partial charge in [0.15, 0.2) is 0 Å². The number of hydrogen-bond donors (Lipinski definition) is 1. The predicted molar refractivity (Wildman–Crippen MR) is 60.5 cm³/mol. The van der Waals surface area contributed by atoms with E-state index in [0.29, 0.717) is 25.2 Å². The molecular formula is C12H22O4. The van der Waals surface area contributed by atoms with Crippen LogP contribution < -0.4 is 0 Å². The molecule has 0 heterocycles. The van der Waals surface area contributed by atoms with Crippen molar-refractivity contribution < 1.29 is 19.4 Å². The number of aliphatic carboxylic acids is 1. The van der Waals surface area contributed by atoms with Crippen molar-refractivity contribution in [3.05, 3.63) is 0 Å². The molecule has 4 nitrogen and oxygen atoms in total. The van der Waals surface area contributed by atoms with Crippen molar-refractivity contribution in [1.82, 2.24) is 0 Å². The molecule has 0 saturated heterocycles. The lowest BCUT2D eigenvalue weighted by atomic mass is 9.95. The van der Waals surface area contributed by atoms with Crippen molar-refractivity contribution in [2.24, 2.45) is 0 Å². The van der Waals surface area contributed by atoms with Gasteiger partial charge in [0.2, 0.25) is 0 Å². The largest absolute Gasteiger partial charge is 0.481 e. The molecule has 16 heavy (non-hydrogen) atoms. The highest BCUT2D eigenvalue weighted by molar-refractivity contribution is 5.66. The third-order valence-electron chi connectivity index (χ3n) is 3.05. The van der Waals surface area contributed by atoms with E-state index in [1.165, 1.54) is 0 Å². The molecule has 4 heteroatoms. The first-order valence-electron chi connectivity index (χ1n) is 6.08. The maximum atomic E-state index is 10.3. The first-order chi connectivity index (χ1) is 7.72. The molecule has 0 aromatic heterocycles. The molecule has 1 N–H and O–H groups in total. The maximum Gasteiger partial charge on any atom is 0.303 e. The molecule has 2 atom stereocenters. The molecule has 2 unspecified atom stereocenters.